The fourth-order valence-corrected chi connectivity index (χ4v) is 4.91. The highest BCUT2D eigenvalue weighted by Gasteiger charge is 2.25. The molecule has 1 atom stereocenters. The van der Waals surface area contributed by atoms with E-state index in [1.54, 1.807) is 30.2 Å². The molecule has 0 fully saturated rings. The van der Waals surface area contributed by atoms with Crippen LogP contribution in [-0.4, -0.2) is 33.1 Å². The van der Waals surface area contributed by atoms with E-state index in [1.165, 1.54) is 11.8 Å². The molecule has 0 saturated heterocycles. The molecule has 0 N–H and O–H groups in total. The molecule has 2 heterocycles. The van der Waals surface area contributed by atoms with Crippen molar-refractivity contribution in [3.05, 3.63) is 45.4 Å². The van der Waals surface area contributed by atoms with Gasteiger partial charge in [-0.25, -0.2) is 4.98 Å². The molecule has 5 nitrogen and oxygen atoms in total. The predicted octanol–water partition coefficient (Wildman–Crippen LogP) is 3.54. The molecular weight excluding hydrogens is 368 g/mol. The summed E-state index contributed by atoms with van der Waals surface area (Å²) < 4.78 is 6.74. The van der Waals surface area contributed by atoms with E-state index in [-0.39, 0.29) is 11.5 Å². The minimum absolute atomic E-state index is 0.0546. The number of nitrogens with zero attached hydrogens (tertiary/aromatic N) is 2. The second-order valence-electron chi connectivity index (χ2n) is 6.27. The van der Waals surface area contributed by atoms with Gasteiger partial charge < -0.3 is 4.74 Å². The highest BCUT2D eigenvalue weighted by atomic mass is 32.2. The zero-order chi connectivity index (χ0) is 18.8. The maximum Gasteiger partial charge on any atom is 0.319 e. The number of hydrogen-bond donors (Lipinski definition) is 0. The van der Waals surface area contributed by atoms with Gasteiger partial charge in [0.25, 0.3) is 5.56 Å². The molecule has 138 valence electrons. The van der Waals surface area contributed by atoms with Crippen LogP contribution >= 0.6 is 23.5 Å². The summed E-state index contributed by atoms with van der Waals surface area (Å²) in [4.78, 5) is 30.7. The van der Waals surface area contributed by atoms with Gasteiger partial charge in [0.1, 0.15) is 5.25 Å². The SMILES string of the molecule is CCOC(=O)[C@H](C)Sc1nc2c(c(=O)n1-c1cc(C)cc(C)c1)SCC2. The molecule has 1 aliphatic rings. The largest absolute Gasteiger partial charge is 0.465 e. The highest BCUT2D eigenvalue weighted by Crippen LogP contribution is 2.31. The summed E-state index contributed by atoms with van der Waals surface area (Å²) in [6, 6.07) is 6.01. The van der Waals surface area contributed by atoms with Crippen molar-refractivity contribution in [3.8, 4) is 5.69 Å². The maximum atomic E-state index is 13.2. The fourth-order valence-electron chi connectivity index (χ4n) is 2.94. The average molecular weight is 391 g/mol. The van der Waals surface area contributed by atoms with Gasteiger partial charge in [0.05, 0.1) is 22.9 Å². The van der Waals surface area contributed by atoms with Crippen LogP contribution in [-0.2, 0) is 16.0 Å². The van der Waals surface area contributed by atoms with Crippen molar-refractivity contribution in [2.24, 2.45) is 0 Å². The molecule has 1 aromatic carbocycles. The number of carbonyl (C=O) groups excluding carboxylic acids is 1. The second-order valence-corrected chi connectivity index (χ2v) is 8.68. The van der Waals surface area contributed by atoms with Gasteiger partial charge in [-0.3, -0.25) is 14.2 Å². The molecule has 0 unspecified atom stereocenters. The van der Waals surface area contributed by atoms with Gasteiger partial charge in [-0.2, -0.15) is 0 Å². The van der Waals surface area contributed by atoms with Crippen molar-refractivity contribution < 1.29 is 9.53 Å². The van der Waals surface area contributed by atoms with Crippen LogP contribution in [0.4, 0.5) is 0 Å². The molecule has 7 heteroatoms. The number of thioether (sulfide) groups is 2. The number of hydrogen-bond acceptors (Lipinski definition) is 6. The molecule has 0 spiro atoms. The molecule has 1 aliphatic heterocycles. The number of esters is 1. The van der Waals surface area contributed by atoms with Gasteiger partial charge in [0.15, 0.2) is 5.16 Å². The van der Waals surface area contributed by atoms with Gasteiger partial charge >= 0.3 is 5.97 Å². The first-order valence-electron chi connectivity index (χ1n) is 8.61. The van der Waals surface area contributed by atoms with Crippen LogP contribution < -0.4 is 5.56 Å². The van der Waals surface area contributed by atoms with Gasteiger partial charge in [0, 0.05) is 12.2 Å². The average Bonchev–Trinajstić information content (AvgIpc) is 3.03. The monoisotopic (exact) mass is 390 g/mol. The van der Waals surface area contributed by atoms with Crippen molar-refractivity contribution in [2.45, 2.75) is 49.4 Å². The minimum atomic E-state index is -0.439. The lowest BCUT2D eigenvalue weighted by Gasteiger charge is -2.17. The summed E-state index contributed by atoms with van der Waals surface area (Å²) in [5.41, 5.74) is 3.72. The molecule has 1 aromatic heterocycles. The highest BCUT2D eigenvalue weighted by molar-refractivity contribution is 8.00. The Morgan fingerprint density at radius 1 is 1.35 bits per heavy atom. The minimum Gasteiger partial charge on any atom is -0.465 e. The van der Waals surface area contributed by atoms with E-state index in [9.17, 15) is 9.59 Å². The number of rotatable bonds is 5. The van der Waals surface area contributed by atoms with Crippen LogP contribution in [0, 0.1) is 13.8 Å². The third-order valence-corrected chi connectivity index (χ3v) is 6.17. The number of ether oxygens (including phenoxy) is 1. The summed E-state index contributed by atoms with van der Waals surface area (Å²) in [7, 11) is 0. The second kappa shape index (κ2) is 7.88. The summed E-state index contributed by atoms with van der Waals surface area (Å²) in [5.74, 6) is 0.569. The Bertz CT molecular complexity index is 888. The van der Waals surface area contributed by atoms with Crippen molar-refractivity contribution >= 4 is 29.5 Å². The summed E-state index contributed by atoms with van der Waals surface area (Å²) in [6.07, 6.45) is 0.782. The predicted molar refractivity (Wildman–Crippen MR) is 106 cm³/mol. The van der Waals surface area contributed by atoms with Gasteiger partial charge in [-0.1, -0.05) is 17.8 Å². The number of benzene rings is 1. The van der Waals surface area contributed by atoms with Gasteiger partial charge in [0.2, 0.25) is 0 Å². The van der Waals surface area contributed by atoms with E-state index in [0.29, 0.717) is 11.8 Å². The Morgan fingerprint density at radius 2 is 2.04 bits per heavy atom. The molecule has 0 radical (unpaired) electrons. The lowest BCUT2D eigenvalue weighted by Crippen LogP contribution is -2.26. The zero-order valence-electron chi connectivity index (χ0n) is 15.4. The van der Waals surface area contributed by atoms with Crippen molar-refractivity contribution in [2.75, 3.05) is 12.4 Å². The molecule has 3 rings (SSSR count). The van der Waals surface area contributed by atoms with E-state index < -0.39 is 5.25 Å². The van der Waals surface area contributed by atoms with Crippen molar-refractivity contribution in [3.63, 3.8) is 0 Å². The molecule has 26 heavy (non-hydrogen) atoms. The summed E-state index contributed by atoms with van der Waals surface area (Å²) in [6.45, 7) is 7.91. The van der Waals surface area contributed by atoms with Crippen LogP contribution in [0.5, 0.6) is 0 Å². The number of aromatic nitrogens is 2. The Balaban J connectivity index is 2.12. The smallest absolute Gasteiger partial charge is 0.319 e. The quantitative estimate of drug-likeness (QED) is 0.442. The van der Waals surface area contributed by atoms with Crippen LogP contribution in [0.2, 0.25) is 0 Å². The molecular formula is C19H22N2O3S2. The lowest BCUT2D eigenvalue weighted by molar-refractivity contribution is -0.142. The van der Waals surface area contributed by atoms with E-state index in [1.807, 2.05) is 26.0 Å². The van der Waals surface area contributed by atoms with Crippen LogP contribution in [0.15, 0.2) is 33.0 Å². The summed E-state index contributed by atoms with van der Waals surface area (Å²) >= 11 is 2.83. The third kappa shape index (κ3) is 3.83. The van der Waals surface area contributed by atoms with Crippen LogP contribution in [0.1, 0.15) is 30.7 Å². The third-order valence-electron chi connectivity index (χ3n) is 4.03. The number of fused-ring (bicyclic) bond motifs is 1. The molecule has 0 bridgehead atoms. The Labute approximate surface area is 161 Å². The molecule has 2 aromatic rings. The van der Waals surface area contributed by atoms with Crippen molar-refractivity contribution in [1.29, 1.82) is 0 Å². The summed E-state index contributed by atoms with van der Waals surface area (Å²) in [5, 5.41) is 0.105. The maximum absolute atomic E-state index is 13.2. The number of carbonyl (C=O) groups is 1. The van der Waals surface area contributed by atoms with Crippen LogP contribution in [0.3, 0.4) is 0 Å². The normalized spacial score (nSPS) is 14.2. The van der Waals surface area contributed by atoms with E-state index in [4.69, 9.17) is 9.72 Å². The molecule has 0 saturated carbocycles. The van der Waals surface area contributed by atoms with E-state index in [2.05, 4.69) is 6.07 Å². The standard InChI is InChI=1S/C19H22N2O3S2/c1-5-24-18(23)13(4)26-19-20-15-6-7-25-16(15)17(22)21(19)14-9-11(2)8-12(3)10-14/h8-10,13H,5-7H2,1-4H3/t13-/m0/s1. The Hall–Kier alpha value is -1.73. The van der Waals surface area contributed by atoms with Crippen LogP contribution in [0.25, 0.3) is 5.69 Å². The van der Waals surface area contributed by atoms with Gasteiger partial charge in [-0.15, -0.1) is 11.8 Å². The molecule has 0 aliphatic carbocycles. The lowest BCUT2D eigenvalue weighted by atomic mass is 10.1. The van der Waals surface area contributed by atoms with Crippen molar-refractivity contribution in [1.82, 2.24) is 9.55 Å². The zero-order valence-corrected chi connectivity index (χ0v) is 17.0. The van der Waals surface area contributed by atoms with E-state index >= 15 is 0 Å². The fraction of sp³-hybridized carbons (Fsp3) is 0.421. The Morgan fingerprint density at radius 3 is 2.69 bits per heavy atom. The first kappa shape index (κ1) is 19.0. The van der Waals surface area contributed by atoms with Gasteiger partial charge in [-0.05, 0) is 51.0 Å². The Kier molecular flexibility index (Phi) is 5.77. The topological polar surface area (TPSA) is 61.2 Å². The van der Waals surface area contributed by atoms with E-state index in [0.717, 1.165) is 39.6 Å². The number of aryl methyl sites for hydroxylation is 3. The first-order valence-corrected chi connectivity index (χ1v) is 10.5. The first-order chi connectivity index (χ1) is 12.4. The molecule has 0 amide bonds.